The predicted octanol–water partition coefficient (Wildman–Crippen LogP) is 3.09. The van der Waals surface area contributed by atoms with Crippen molar-refractivity contribution in [3.63, 3.8) is 0 Å². The summed E-state index contributed by atoms with van der Waals surface area (Å²) in [4.78, 5) is 12.2. The van der Waals surface area contributed by atoms with E-state index in [1.165, 1.54) is 5.56 Å². The van der Waals surface area contributed by atoms with Gasteiger partial charge >= 0.3 is 5.97 Å². The Hall–Kier alpha value is -1.35. The maximum absolute atomic E-state index is 12.2. The van der Waals surface area contributed by atoms with Crippen molar-refractivity contribution >= 4 is 5.97 Å². The van der Waals surface area contributed by atoms with E-state index in [1.54, 1.807) is 0 Å². The lowest BCUT2D eigenvalue weighted by atomic mass is 9.73. The first-order valence-corrected chi connectivity index (χ1v) is 6.96. The van der Waals surface area contributed by atoms with E-state index >= 15 is 0 Å². The van der Waals surface area contributed by atoms with Crippen molar-refractivity contribution in [2.45, 2.75) is 57.3 Å². The van der Waals surface area contributed by atoms with Crippen LogP contribution < -0.4 is 0 Å². The van der Waals surface area contributed by atoms with E-state index in [4.69, 9.17) is 9.47 Å². The fourth-order valence-electron chi connectivity index (χ4n) is 3.62. The quantitative estimate of drug-likeness (QED) is 0.619. The Balaban J connectivity index is 2.16. The molecule has 2 aliphatic rings. The third kappa shape index (κ3) is 1.24. The average Bonchev–Trinajstić information content (AvgIpc) is 3.01. The highest BCUT2D eigenvalue weighted by atomic mass is 16.7. The molecule has 0 aliphatic carbocycles. The summed E-state index contributed by atoms with van der Waals surface area (Å²) >= 11 is 0. The SMILES string of the molecule is CCC1(CC)OC(=O)[C@]2(C)O[C@]12c1ccc(C)cc1. The topological polar surface area (TPSA) is 38.8 Å². The molecule has 2 saturated heterocycles. The first-order valence-electron chi connectivity index (χ1n) is 6.96. The van der Waals surface area contributed by atoms with Crippen molar-refractivity contribution in [1.29, 1.82) is 0 Å². The summed E-state index contributed by atoms with van der Waals surface area (Å²) in [5.41, 5.74) is 0.304. The summed E-state index contributed by atoms with van der Waals surface area (Å²) in [7, 11) is 0. The number of carbonyl (C=O) groups excluding carboxylic acids is 1. The Morgan fingerprint density at radius 2 is 1.68 bits per heavy atom. The zero-order valence-electron chi connectivity index (χ0n) is 11.9. The Labute approximate surface area is 113 Å². The Kier molecular flexibility index (Phi) is 2.40. The van der Waals surface area contributed by atoms with Crippen molar-refractivity contribution in [2.24, 2.45) is 0 Å². The van der Waals surface area contributed by atoms with Gasteiger partial charge < -0.3 is 9.47 Å². The van der Waals surface area contributed by atoms with Crippen LogP contribution in [0.3, 0.4) is 0 Å². The third-order valence-corrected chi connectivity index (χ3v) is 4.91. The van der Waals surface area contributed by atoms with E-state index in [9.17, 15) is 4.79 Å². The second kappa shape index (κ2) is 3.60. The molecular weight excluding hydrogens is 240 g/mol. The Morgan fingerprint density at radius 1 is 1.11 bits per heavy atom. The number of esters is 1. The van der Waals surface area contributed by atoms with Gasteiger partial charge in [0.1, 0.15) is 5.60 Å². The molecule has 0 aromatic heterocycles. The lowest BCUT2D eigenvalue weighted by Gasteiger charge is -2.33. The predicted molar refractivity (Wildman–Crippen MR) is 71.8 cm³/mol. The molecule has 2 fully saturated rings. The van der Waals surface area contributed by atoms with Gasteiger partial charge in [0, 0.05) is 0 Å². The van der Waals surface area contributed by atoms with Gasteiger partial charge in [0.25, 0.3) is 0 Å². The third-order valence-electron chi connectivity index (χ3n) is 4.91. The van der Waals surface area contributed by atoms with Crippen molar-refractivity contribution < 1.29 is 14.3 Å². The van der Waals surface area contributed by atoms with Crippen LogP contribution >= 0.6 is 0 Å². The van der Waals surface area contributed by atoms with E-state index < -0.39 is 16.8 Å². The minimum Gasteiger partial charge on any atom is -0.453 e. The zero-order valence-corrected chi connectivity index (χ0v) is 11.9. The summed E-state index contributed by atoms with van der Waals surface area (Å²) in [5, 5.41) is 0. The summed E-state index contributed by atoms with van der Waals surface area (Å²) in [6, 6.07) is 8.24. The highest BCUT2D eigenvalue weighted by Gasteiger charge is 2.87. The molecule has 0 spiro atoms. The van der Waals surface area contributed by atoms with E-state index in [-0.39, 0.29) is 5.97 Å². The fourth-order valence-corrected chi connectivity index (χ4v) is 3.62. The van der Waals surface area contributed by atoms with E-state index in [0.717, 1.165) is 18.4 Å². The molecular formula is C16H20O3. The van der Waals surface area contributed by atoms with Crippen LogP contribution in [0.4, 0.5) is 0 Å². The van der Waals surface area contributed by atoms with Gasteiger partial charge in [0.05, 0.1) is 0 Å². The van der Waals surface area contributed by atoms with Gasteiger partial charge in [-0.2, -0.15) is 0 Å². The van der Waals surface area contributed by atoms with Crippen molar-refractivity contribution in [1.82, 2.24) is 0 Å². The number of aryl methyl sites for hydroxylation is 1. The van der Waals surface area contributed by atoms with Gasteiger partial charge in [0.15, 0.2) is 5.60 Å². The molecule has 3 heteroatoms. The minimum absolute atomic E-state index is 0.225. The van der Waals surface area contributed by atoms with Crippen molar-refractivity contribution in [3.8, 4) is 0 Å². The number of benzene rings is 1. The maximum atomic E-state index is 12.2. The van der Waals surface area contributed by atoms with Gasteiger partial charge in [-0.25, -0.2) is 4.79 Å². The summed E-state index contributed by atoms with van der Waals surface area (Å²) in [6.45, 7) is 8.01. The highest BCUT2D eigenvalue weighted by Crippen LogP contribution is 2.69. The fraction of sp³-hybridized carbons (Fsp3) is 0.562. The molecule has 102 valence electrons. The minimum atomic E-state index is -0.811. The normalized spacial score (nSPS) is 34.8. The number of ether oxygens (including phenoxy) is 2. The molecule has 1 aromatic rings. The summed E-state index contributed by atoms with van der Waals surface area (Å²) in [6.07, 6.45) is 1.53. The van der Waals surface area contributed by atoms with Crippen molar-refractivity contribution in [2.75, 3.05) is 0 Å². The van der Waals surface area contributed by atoms with Crippen LogP contribution in [0, 0.1) is 6.92 Å². The lowest BCUT2D eigenvalue weighted by molar-refractivity contribution is -0.169. The first-order chi connectivity index (χ1) is 8.96. The van der Waals surface area contributed by atoms with E-state index in [2.05, 4.69) is 45.0 Å². The zero-order chi connectivity index (χ0) is 13.9. The van der Waals surface area contributed by atoms with Gasteiger partial charge in [-0.05, 0) is 32.3 Å². The number of fused-ring (bicyclic) bond motifs is 1. The monoisotopic (exact) mass is 260 g/mol. The van der Waals surface area contributed by atoms with Gasteiger partial charge in [-0.1, -0.05) is 43.7 Å². The van der Waals surface area contributed by atoms with Crippen LogP contribution in [0.2, 0.25) is 0 Å². The average molecular weight is 260 g/mol. The maximum Gasteiger partial charge on any atom is 0.342 e. The molecule has 0 radical (unpaired) electrons. The molecule has 3 rings (SSSR count). The number of epoxide rings is 1. The molecule has 2 atom stereocenters. The first kappa shape index (κ1) is 12.7. The van der Waals surface area contributed by atoms with Crippen LogP contribution in [0.5, 0.6) is 0 Å². The van der Waals surface area contributed by atoms with Crippen LogP contribution in [0.1, 0.15) is 44.7 Å². The standard InChI is InChI=1S/C16H20O3/c1-5-15(6-2)16(12-9-7-11(3)8-10-12)14(4,19-16)13(17)18-15/h7-10H,5-6H2,1-4H3/t14-,16-/m0/s1. The van der Waals surface area contributed by atoms with Gasteiger partial charge in [0.2, 0.25) is 5.60 Å². The lowest BCUT2D eigenvalue weighted by Crippen LogP contribution is -2.42. The Bertz CT molecular complexity index is 529. The molecule has 0 amide bonds. The van der Waals surface area contributed by atoms with E-state index in [0.29, 0.717) is 0 Å². The van der Waals surface area contributed by atoms with E-state index in [1.807, 2.05) is 6.92 Å². The summed E-state index contributed by atoms with van der Waals surface area (Å²) < 4.78 is 11.7. The molecule has 3 nitrogen and oxygen atoms in total. The number of hydrogen-bond donors (Lipinski definition) is 0. The van der Waals surface area contributed by atoms with Crippen LogP contribution in [-0.4, -0.2) is 17.2 Å². The number of rotatable bonds is 3. The number of carbonyl (C=O) groups is 1. The molecule has 0 saturated carbocycles. The van der Waals surface area contributed by atoms with Crippen LogP contribution in [0.15, 0.2) is 24.3 Å². The highest BCUT2D eigenvalue weighted by molar-refractivity contribution is 5.89. The molecule has 0 bridgehead atoms. The largest absolute Gasteiger partial charge is 0.453 e. The molecule has 2 heterocycles. The summed E-state index contributed by atoms with van der Waals surface area (Å²) in [5.74, 6) is -0.225. The molecule has 0 N–H and O–H groups in total. The second-order valence-electron chi connectivity index (χ2n) is 5.77. The van der Waals surface area contributed by atoms with Gasteiger partial charge in [-0.15, -0.1) is 0 Å². The molecule has 1 aromatic carbocycles. The van der Waals surface area contributed by atoms with Crippen LogP contribution in [0.25, 0.3) is 0 Å². The second-order valence-corrected chi connectivity index (χ2v) is 5.77. The number of cyclic esters (lactones) is 1. The Morgan fingerprint density at radius 3 is 2.16 bits per heavy atom. The van der Waals surface area contributed by atoms with Gasteiger partial charge in [-0.3, -0.25) is 0 Å². The molecule has 2 aliphatic heterocycles. The molecule has 0 unspecified atom stereocenters. The van der Waals surface area contributed by atoms with Crippen molar-refractivity contribution in [3.05, 3.63) is 35.4 Å². The smallest absolute Gasteiger partial charge is 0.342 e. The molecule has 19 heavy (non-hydrogen) atoms. The van der Waals surface area contributed by atoms with Crippen LogP contribution in [-0.2, 0) is 19.9 Å². The number of hydrogen-bond acceptors (Lipinski definition) is 3.